The number of benzene rings is 1. The number of hydrogen-bond donors (Lipinski definition) is 1. The number of para-hydroxylation sites is 1. The van der Waals surface area contributed by atoms with Crippen molar-refractivity contribution >= 4 is 16.8 Å². The Hall–Kier alpha value is -1.94. The highest BCUT2D eigenvalue weighted by Gasteiger charge is 2.24. The fourth-order valence-corrected chi connectivity index (χ4v) is 3.15. The second-order valence-electron chi connectivity index (χ2n) is 5.75. The highest BCUT2D eigenvalue weighted by Crippen LogP contribution is 2.24. The van der Waals surface area contributed by atoms with Crippen LogP contribution >= 0.6 is 0 Å². The second-order valence-corrected chi connectivity index (χ2v) is 5.75. The Morgan fingerprint density at radius 2 is 2.24 bits per heavy atom. The van der Waals surface area contributed by atoms with E-state index in [1.54, 1.807) is 7.05 Å². The van der Waals surface area contributed by atoms with Crippen LogP contribution in [-0.4, -0.2) is 42.5 Å². The summed E-state index contributed by atoms with van der Waals surface area (Å²) in [5.74, 6) is 0.727. The van der Waals surface area contributed by atoms with Crippen molar-refractivity contribution in [3.63, 3.8) is 0 Å². The molecule has 1 atom stereocenters. The molecule has 4 heteroatoms. The summed E-state index contributed by atoms with van der Waals surface area (Å²) in [6.07, 6.45) is 4.12. The fourth-order valence-electron chi connectivity index (χ4n) is 3.15. The van der Waals surface area contributed by atoms with Crippen LogP contribution in [0.2, 0.25) is 0 Å². The molecule has 0 bridgehead atoms. The van der Waals surface area contributed by atoms with E-state index >= 15 is 0 Å². The van der Waals surface area contributed by atoms with Crippen molar-refractivity contribution in [1.82, 2.24) is 15.2 Å². The Balaban J connectivity index is 1.68. The smallest absolute Gasteiger partial charge is 0.233 e. The number of fused-ring (bicyclic) bond motifs is 1. The van der Waals surface area contributed by atoms with Crippen LogP contribution in [0.3, 0.4) is 0 Å². The molecule has 1 aliphatic heterocycles. The third-order valence-electron chi connectivity index (χ3n) is 4.26. The van der Waals surface area contributed by atoms with Gasteiger partial charge in [0.2, 0.25) is 5.91 Å². The van der Waals surface area contributed by atoms with Gasteiger partial charge in [-0.05, 0) is 43.0 Å². The Morgan fingerprint density at radius 3 is 3.10 bits per heavy atom. The zero-order chi connectivity index (χ0) is 14.7. The van der Waals surface area contributed by atoms with Crippen LogP contribution in [0, 0.1) is 5.92 Å². The highest BCUT2D eigenvalue weighted by molar-refractivity contribution is 5.81. The van der Waals surface area contributed by atoms with Crippen LogP contribution in [0.1, 0.15) is 12.0 Å². The predicted molar refractivity (Wildman–Crippen MR) is 84.1 cm³/mol. The number of nitrogens with zero attached hydrogens (tertiary/aromatic N) is 2. The maximum Gasteiger partial charge on any atom is 0.233 e. The summed E-state index contributed by atoms with van der Waals surface area (Å²) in [7, 11) is 1.69. The van der Waals surface area contributed by atoms with E-state index in [4.69, 9.17) is 0 Å². The average Bonchev–Trinajstić information content (AvgIpc) is 2.94. The molecule has 1 aromatic heterocycles. The normalized spacial score (nSPS) is 19.0. The lowest BCUT2D eigenvalue weighted by atomic mass is 9.96. The molecule has 110 valence electrons. The van der Waals surface area contributed by atoms with Gasteiger partial charge in [-0.3, -0.25) is 14.7 Å². The molecule has 21 heavy (non-hydrogen) atoms. The Labute approximate surface area is 125 Å². The topological polar surface area (TPSA) is 45.2 Å². The van der Waals surface area contributed by atoms with Crippen molar-refractivity contribution in [2.75, 3.05) is 26.7 Å². The zero-order valence-corrected chi connectivity index (χ0v) is 12.4. The van der Waals surface area contributed by atoms with Gasteiger partial charge in [0.25, 0.3) is 0 Å². The third kappa shape index (κ3) is 3.22. The Morgan fingerprint density at radius 1 is 1.38 bits per heavy atom. The number of likely N-dealkylation sites (N-methyl/N-ethyl adjacent to an activating group) is 1. The second kappa shape index (κ2) is 6.22. The van der Waals surface area contributed by atoms with Crippen LogP contribution in [0.5, 0.6) is 0 Å². The molecular formula is C17H21N3O. The maximum absolute atomic E-state index is 11.4. The third-order valence-corrected chi connectivity index (χ3v) is 4.26. The first-order valence-electron chi connectivity index (χ1n) is 7.52. The van der Waals surface area contributed by atoms with E-state index in [0.29, 0.717) is 12.5 Å². The summed E-state index contributed by atoms with van der Waals surface area (Å²) in [4.78, 5) is 18.1. The molecule has 1 fully saturated rings. The molecule has 1 aromatic carbocycles. The standard InChI is InChI=1S/C17H21N3O/c1-18-17(21)12-20-9-7-13(11-20)10-14-6-8-19-16-5-3-2-4-15(14)16/h2-6,8,13H,7,9-12H2,1H3,(H,18,21)/t13-/m1/s1. The van der Waals surface area contributed by atoms with Gasteiger partial charge in [-0.15, -0.1) is 0 Å². The molecule has 3 rings (SSSR count). The van der Waals surface area contributed by atoms with Crippen molar-refractivity contribution in [3.05, 3.63) is 42.1 Å². The zero-order valence-electron chi connectivity index (χ0n) is 12.4. The summed E-state index contributed by atoms with van der Waals surface area (Å²) in [6, 6.07) is 10.4. The van der Waals surface area contributed by atoms with E-state index in [-0.39, 0.29) is 5.91 Å². The molecule has 1 N–H and O–H groups in total. The van der Waals surface area contributed by atoms with Gasteiger partial charge in [0.15, 0.2) is 0 Å². The minimum atomic E-state index is 0.102. The van der Waals surface area contributed by atoms with Gasteiger partial charge in [0.1, 0.15) is 0 Å². The number of hydrogen-bond acceptors (Lipinski definition) is 3. The van der Waals surface area contributed by atoms with Crippen molar-refractivity contribution in [1.29, 1.82) is 0 Å². The lowest BCUT2D eigenvalue weighted by Gasteiger charge is -2.15. The van der Waals surface area contributed by atoms with E-state index < -0.39 is 0 Å². The lowest BCUT2D eigenvalue weighted by Crippen LogP contribution is -2.34. The average molecular weight is 283 g/mol. The fraction of sp³-hybridized carbons (Fsp3) is 0.412. The van der Waals surface area contributed by atoms with Crippen LogP contribution in [0.4, 0.5) is 0 Å². The maximum atomic E-state index is 11.4. The van der Waals surface area contributed by atoms with E-state index in [1.165, 1.54) is 10.9 Å². The number of rotatable bonds is 4. The van der Waals surface area contributed by atoms with Gasteiger partial charge in [0, 0.05) is 25.2 Å². The summed E-state index contributed by atoms with van der Waals surface area (Å²) < 4.78 is 0. The van der Waals surface area contributed by atoms with Crippen LogP contribution in [0.25, 0.3) is 10.9 Å². The molecule has 1 amide bonds. The lowest BCUT2D eigenvalue weighted by molar-refractivity contribution is -0.121. The van der Waals surface area contributed by atoms with Gasteiger partial charge in [-0.25, -0.2) is 0 Å². The SMILES string of the molecule is CNC(=O)CN1CC[C@H](Cc2ccnc3ccccc23)C1. The first-order chi connectivity index (χ1) is 10.3. The van der Waals surface area contributed by atoms with Crippen molar-refractivity contribution in [2.45, 2.75) is 12.8 Å². The van der Waals surface area contributed by atoms with Crippen LogP contribution < -0.4 is 5.32 Å². The minimum Gasteiger partial charge on any atom is -0.358 e. The van der Waals surface area contributed by atoms with Crippen LogP contribution in [-0.2, 0) is 11.2 Å². The molecule has 0 radical (unpaired) electrons. The predicted octanol–water partition coefficient (Wildman–Crippen LogP) is 1.85. The van der Waals surface area contributed by atoms with Gasteiger partial charge in [-0.1, -0.05) is 18.2 Å². The summed E-state index contributed by atoms with van der Waals surface area (Å²) in [5.41, 5.74) is 2.43. The molecule has 2 heterocycles. The number of aromatic nitrogens is 1. The number of nitrogens with one attached hydrogen (secondary N) is 1. The number of pyridine rings is 1. The molecular weight excluding hydrogens is 262 g/mol. The largest absolute Gasteiger partial charge is 0.358 e. The molecule has 0 saturated carbocycles. The van der Waals surface area contributed by atoms with Crippen molar-refractivity contribution in [3.8, 4) is 0 Å². The first-order valence-corrected chi connectivity index (χ1v) is 7.52. The highest BCUT2D eigenvalue weighted by atomic mass is 16.1. The first kappa shape index (κ1) is 14.0. The molecule has 4 nitrogen and oxygen atoms in total. The van der Waals surface area contributed by atoms with Gasteiger partial charge in [0.05, 0.1) is 12.1 Å². The van der Waals surface area contributed by atoms with Gasteiger partial charge >= 0.3 is 0 Å². The van der Waals surface area contributed by atoms with Crippen molar-refractivity contribution < 1.29 is 4.79 Å². The van der Waals surface area contributed by atoms with E-state index in [0.717, 1.165) is 31.4 Å². The minimum absolute atomic E-state index is 0.102. The molecule has 0 aliphatic carbocycles. The number of amides is 1. The Kier molecular flexibility index (Phi) is 4.15. The van der Waals surface area contributed by atoms with Crippen LogP contribution in [0.15, 0.2) is 36.5 Å². The number of likely N-dealkylation sites (tertiary alicyclic amines) is 1. The number of carbonyl (C=O) groups excluding carboxylic acids is 1. The van der Waals surface area contributed by atoms with Gasteiger partial charge in [-0.2, -0.15) is 0 Å². The molecule has 1 aliphatic rings. The summed E-state index contributed by atoms with van der Waals surface area (Å²) in [5, 5.41) is 3.95. The number of carbonyl (C=O) groups is 1. The van der Waals surface area contributed by atoms with E-state index in [2.05, 4.69) is 39.5 Å². The monoisotopic (exact) mass is 283 g/mol. The summed E-state index contributed by atoms with van der Waals surface area (Å²) >= 11 is 0. The molecule has 0 spiro atoms. The Bertz CT molecular complexity index is 635. The van der Waals surface area contributed by atoms with E-state index in [1.807, 2.05) is 12.3 Å². The quantitative estimate of drug-likeness (QED) is 0.931. The van der Waals surface area contributed by atoms with Gasteiger partial charge < -0.3 is 5.32 Å². The van der Waals surface area contributed by atoms with Crippen molar-refractivity contribution in [2.24, 2.45) is 5.92 Å². The molecule has 0 unspecified atom stereocenters. The summed E-state index contributed by atoms with van der Waals surface area (Å²) in [6.45, 7) is 2.54. The molecule has 1 saturated heterocycles. The molecule has 2 aromatic rings. The van der Waals surface area contributed by atoms with E-state index in [9.17, 15) is 4.79 Å².